The van der Waals surface area contributed by atoms with Crippen LogP contribution in [-0.4, -0.2) is 55.9 Å². The minimum Gasteiger partial charge on any atom is -0.497 e. The fraction of sp³-hybridized carbons (Fsp3) is 0.882. The first-order valence-corrected chi connectivity index (χ1v) is 8.76. The van der Waals surface area contributed by atoms with Crippen molar-refractivity contribution >= 4 is 0 Å². The molecule has 0 radical (unpaired) electrons. The lowest BCUT2D eigenvalue weighted by molar-refractivity contribution is -0.0389. The van der Waals surface area contributed by atoms with E-state index >= 15 is 0 Å². The predicted molar refractivity (Wildman–Crippen MR) is 84.3 cm³/mol. The van der Waals surface area contributed by atoms with E-state index < -0.39 is 0 Å². The Morgan fingerprint density at radius 2 is 1.95 bits per heavy atom. The van der Waals surface area contributed by atoms with Gasteiger partial charge < -0.3 is 14.8 Å². The largest absolute Gasteiger partial charge is 0.497 e. The van der Waals surface area contributed by atoms with E-state index in [0.29, 0.717) is 6.04 Å². The van der Waals surface area contributed by atoms with Gasteiger partial charge in [0.25, 0.3) is 0 Å². The molecule has 4 heteroatoms. The van der Waals surface area contributed by atoms with Gasteiger partial charge in [-0.3, -0.25) is 4.90 Å². The molecule has 0 aromatic rings. The molecule has 21 heavy (non-hydrogen) atoms. The van der Waals surface area contributed by atoms with Crippen LogP contribution in [-0.2, 0) is 9.47 Å². The number of hydrogen-bond acceptors (Lipinski definition) is 4. The van der Waals surface area contributed by atoms with Crippen LogP contribution in [0, 0.1) is 0 Å². The molecule has 1 N–H and O–H groups in total. The smallest absolute Gasteiger partial charge is 0.111 e. The van der Waals surface area contributed by atoms with Crippen LogP contribution in [0.15, 0.2) is 11.8 Å². The van der Waals surface area contributed by atoms with Gasteiger partial charge in [0.2, 0.25) is 0 Å². The summed E-state index contributed by atoms with van der Waals surface area (Å²) in [5.41, 5.74) is 0.239. The van der Waals surface area contributed by atoms with Crippen LogP contribution < -0.4 is 5.32 Å². The molecule has 0 amide bonds. The number of allylic oxidation sites excluding steroid dienone is 1. The van der Waals surface area contributed by atoms with Crippen molar-refractivity contribution in [3.8, 4) is 0 Å². The van der Waals surface area contributed by atoms with Gasteiger partial charge in [-0.2, -0.15) is 0 Å². The van der Waals surface area contributed by atoms with Crippen molar-refractivity contribution in [3.63, 3.8) is 0 Å². The first kappa shape index (κ1) is 15.3. The van der Waals surface area contributed by atoms with Gasteiger partial charge in [-0.05, 0) is 38.3 Å². The maximum atomic E-state index is 6.06. The number of rotatable bonds is 5. The maximum absolute atomic E-state index is 6.06. The fourth-order valence-electron chi connectivity index (χ4n) is 4.32. The number of hydrogen-bond donors (Lipinski definition) is 1. The predicted octanol–water partition coefficient (Wildman–Crippen LogP) is 2.30. The van der Waals surface area contributed by atoms with Gasteiger partial charge in [0.05, 0.1) is 25.9 Å². The van der Waals surface area contributed by atoms with Crippen molar-refractivity contribution in [2.24, 2.45) is 0 Å². The molecule has 1 atom stereocenters. The summed E-state index contributed by atoms with van der Waals surface area (Å²) in [5.74, 6) is 1.21. The zero-order valence-electron chi connectivity index (χ0n) is 13.4. The highest BCUT2D eigenvalue weighted by Crippen LogP contribution is 2.41. The van der Waals surface area contributed by atoms with Crippen molar-refractivity contribution in [3.05, 3.63) is 11.8 Å². The van der Waals surface area contributed by atoms with Gasteiger partial charge in [0.1, 0.15) is 5.76 Å². The van der Waals surface area contributed by atoms with Crippen LogP contribution >= 0.6 is 0 Å². The first-order chi connectivity index (χ1) is 10.4. The van der Waals surface area contributed by atoms with Gasteiger partial charge in [-0.25, -0.2) is 0 Å². The van der Waals surface area contributed by atoms with Crippen molar-refractivity contribution in [1.29, 1.82) is 0 Å². The molecule has 1 saturated heterocycles. The van der Waals surface area contributed by atoms with E-state index in [1.54, 1.807) is 0 Å². The summed E-state index contributed by atoms with van der Waals surface area (Å²) in [6, 6.07) is 0.350. The third-order valence-electron chi connectivity index (χ3n) is 5.30. The Morgan fingerprint density at radius 1 is 1.19 bits per heavy atom. The molecule has 0 aromatic carbocycles. The number of nitrogens with one attached hydrogen (secondary N) is 1. The average Bonchev–Trinajstić information content (AvgIpc) is 3.05. The number of ether oxygens (including phenoxy) is 2. The Kier molecular flexibility index (Phi) is 5.19. The molecule has 2 heterocycles. The molecule has 0 spiro atoms. The van der Waals surface area contributed by atoms with E-state index in [2.05, 4.69) is 23.2 Å². The van der Waals surface area contributed by atoms with Gasteiger partial charge in [-0.1, -0.05) is 19.8 Å². The minimum absolute atomic E-state index is 0.239. The third-order valence-corrected chi connectivity index (χ3v) is 5.30. The molecule has 1 aliphatic carbocycles. The Labute approximate surface area is 128 Å². The molecular formula is C17H30N2O2. The minimum atomic E-state index is 0.239. The molecule has 3 aliphatic rings. The Balaban J connectivity index is 1.86. The monoisotopic (exact) mass is 294 g/mol. The van der Waals surface area contributed by atoms with E-state index in [1.807, 2.05) is 0 Å². The fourth-order valence-corrected chi connectivity index (χ4v) is 4.32. The Hall–Kier alpha value is -0.580. The Bertz CT molecular complexity index is 358. The van der Waals surface area contributed by atoms with Crippen molar-refractivity contribution < 1.29 is 9.47 Å². The first-order valence-electron chi connectivity index (χ1n) is 8.76. The normalized spacial score (nSPS) is 28.0. The molecule has 2 fully saturated rings. The van der Waals surface area contributed by atoms with E-state index in [1.165, 1.54) is 31.4 Å². The van der Waals surface area contributed by atoms with E-state index in [-0.39, 0.29) is 5.54 Å². The molecular weight excluding hydrogens is 264 g/mol. The third kappa shape index (κ3) is 3.13. The van der Waals surface area contributed by atoms with E-state index in [4.69, 9.17) is 9.47 Å². The Morgan fingerprint density at radius 3 is 2.57 bits per heavy atom. The van der Waals surface area contributed by atoms with Gasteiger partial charge in [0.15, 0.2) is 0 Å². The number of likely N-dealkylation sites (N-methyl/N-ethyl adjacent to an activating group) is 1. The van der Waals surface area contributed by atoms with Crippen molar-refractivity contribution in [2.75, 3.05) is 39.5 Å². The van der Waals surface area contributed by atoms with Crippen LogP contribution in [0.1, 0.15) is 45.4 Å². The molecule has 120 valence electrons. The van der Waals surface area contributed by atoms with Crippen LogP contribution in [0.5, 0.6) is 0 Å². The van der Waals surface area contributed by atoms with Crippen LogP contribution in [0.25, 0.3) is 0 Å². The van der Waals surface area contributed by atoms with Crippen LogP contribution in [0.2, 0.25) is 0 Å². The molecule has 1 saturated carbocycles. The lowest BCUT2D eigenvalue weighted by atomic mass is 9.83. The van der Waals surface area contributed by atoms with Crippen LogP contribution in [0.3, 0.4) is 0 Å². The standard InChI is InChI=1S/C17H30N2O2/c1-2-18-16(15-7-3-6-12-21-15)17(8-4-5-9-17)19-10-13-20-14-11-19/h7,16,18H,2-6,8-14H2,1H3. The summed E-state index contributed by atoms with van der Waals surface area (Å²) in [6.45, 7) is 7.97. The second-order valence-electron chi connectivity index (χ2n) is 6.50. The average molecular weight is 294 g/mol. The molecule has 2 aliphatic heterocycles. The summed E-state index contributed by atoms with van der Waals surface area (Å²) in [6.07, 6.45) is 9.90. The van der Waals surface area contributed by atoms with Crippen molar-refractivity contribution in [2.45, 2.75) is 57.0 Å². The summed E-state index contributed by atoms with van der Waals surface area (Å²) >= 11 is 0. The summed E-state index contributed by atoms with van der Waals surface area (Å²) in [7, 11) is 0. The van der Waals surface area contributed by atoms with Gasteiger partial charge in [-0.15, -0.1) is 0 Å². The molecule has 1 unspecified atom stereocenters. The van der Waals surface area contributed by atoms with Gasteiger partial charge in [0, 0.05) is 18.6 Å². The second kappa shape index (κ2) is 7.12. The van der Waals surface area contributed by atoms with E-state index in [0.717, 1.165) is 52.3 Å². The lowest BCUT2D eigenvalue weighted by Gasteiger charge is -2.49. The lowest BCUT2D eigenvalue weighted by Crippen LogP contribution is -2.63. The quantitative estimate of drug-likeness (QED) is 0.843. The summed E-state index contributed by atoms with van der Waals surface area (Å²) < 4.78 is 11.6. The SMILES string of the molecule is CCNC(C1=CCCCO1)C1(N2CCOCC2)CCCC1. The highest BCUT2D eigenvalue weighted by atomic mass is 16.5. The van der Waals surface area contributed by atoms with E-state index in [9.17, 15) is 0 Å². The molecule has 0 aromatic heterocycles. The highest BCUT2D eigenvalue weighted by molar-refractivity contribution is 5.18. The van der Waals surface area contributed by atoms with Crippen molar-refractivity contribution in [1.82, 2.24) is 10.2 Å². The highest BCUT2D eigenvalue weighted by Gasteiger charge is 2.48. The molecule has 3 rings (SSSR count). The molecule has 4 nitrogen and oxygen atoms in total. The number of morpholine rings is 1. The molecule has 0 bridgehead atoms. The topological polar surface area (TPSA) is 33.7 Å². The number of nitrogens with zero attached hydrogens (tertiary/aromatic N) is 1. The van der Waals surface area contributed by atoms with Crippen LogP contribution in [0.4, 0.5) is 0 Å². The second-order valence-corrected chi connectivity index (χ2v) is 6.50. The zero-order valence-corrected chi connectivity index (χ0v) is 13.4. The zero-order chi connectivity index (χ0) is 14.5. The summed E-state index contributed by atoms with van der Waals surface area (Å²) in [5, 5.41) is 3.76. The van der Waals surface area contributed by atoms with Gasteiger partial charge >= 0.3 is 0 Å². The summed E-state index contributed by atoms with van der Waals surface area (Å²) in [4.78, 5) is 2.69. The maximum Gasteiger partial charge on any atom is 0.111 e.